The predicted molar refractivity (Wildman–Crippen MR) is 73.1 cm³/mol. The number of para-hydroxylation sites is 1. The van der Waals surface area contributed by atoms with Gasteiger partial charge in [0.2, 0.25) is 0 Å². The van der Waals surface area contributed by atoms with E-state index in [0.717, 1.165) is 31.4 Å². The lowest BCUT2D eigenvalue weighted by Gasteiger charge is -2.20. The van der Waals surface area contributed by atoms with Crippen molar-refractivity contribution in [3.05, 3.63) is 29.7 Å². The molecule has 1 aromatic carbocycles. The zero-order chi connectivity index (χ0) is 13.2. The summed E-state index contributed by atoms with van der Waals surface area (Å²) in [5.74, 6) is 0.676. The second-order valence-electron chi connectivity index (χ2n) is 5.09. The van der Waals surface area contributed by atoms with E-state index >= 15 is 0 Å². The van der Waals surface area contributed by atoms with Gasteiger partial charge in [-0.2, -0.15) is 0 Å². The first kappa shape index (κ1) is 12.2. The van der Waals surface area contributed by atoms with Crippen molar-refractivity contribution in [2.24, 2.45) is 0 Å². The Morgan fingerprint density at radius 2 is 1.95 bits per heavy atom. The average molecular weight is 258 g/mol. The number of carbonyl (C=O) groups excluding carboxylic acids is 1. The minimum atomic E-state index is 0.0728. The molecule has 1 fully saturated rings. The molecule has 1 saturated heterocycles. The first-order valence-electron chi connectivity index (χ1n) is 6.91. The van der Waals surface area contributed by atoms with Gasteiger partial charge in [0.15, 0.2) is 11.5 Å². The minimum absolute atomic E-state index is 0.0728. The monoisotopic (exact) mass is 258 g/mol. The fourth-order valence-electron chi connectivity index (χ4n) is 2.67. The van der Waals surface area contributed by atoms with Gasteiger partial charge in [0.05, 0.1) is 5.56 Å². The zero-order valence-electron chi connectivity index (χ0n) is 11.2. The Bertz CT molecular complexity index is 595. The molecule has 0 aliphatic carbocycles. The van der Waals surface area contributed by atoms with Gasteiger partial charge in [0.1, 0.15) is 5.52 Å². The molecule has 1 aliphatic rings. The first-order valence-corrected chi connectivity index (χ1v) is 6.91. The van der Waals surface area contributed by atoms with Crippen LogP contribution in [0.15, 0.2) is 22.6 Å². The fourth-order valence-corrected chi connectivity index (χ4v) is 2.67. The normalized spacial score (nSPS) is 16.6. The van der Waals surface area contributed by atoms with Crippen LogP contribution in [0.3, 0.4) is 0 Å². The molecule has 0 unspecified atom stereocenters. The second kappa shape index (κ2) is 5.03. The van der Waals surface area contributed by atoms with Crippen LogP contribution in [-0.4, -0.2) is 28.9 Å². The van der Waals surface area contributed by atoms with Crippen LogP contribution in [0, 0.1) is 6.92 Å². The third-order valence-corrected chi connectivity index (χ3v) is 3.65. The van der Waals surface area contributed by atoms with Crippen molar-refractivity contribution < 1.29 is 9.21 Å². The Morgan fingerprint density at radius 1 is 1.21 bits per heavy atom. The van der Waals surface area contributed by atoms with E-state index in [9.17, 15) is 4.79 Å². The molecule has 0 atom stereocenters. The van der Waals surface area contributed by atoms with Gasteiger partial charge < -0.3 is 9.32 Å². The number of aryl methyl sites for hydroxylation is 1. The number of amides is 1. The smallest absolute Gasteiger partial charge is 0.257 e. The van der Waals surface area contributed by atoms with Crippen molar-refractivity contribution in [1.82, 2.24) is 9.88 Å². The highest BCUT2D eigenvalue weighted by atomic mass is 16.3. The van der Waals surface area contributed by atoms with Crippen molar-refractivity contribution >= 4 is 17.0 Å². The van der Waals surface area contributed by atoms with E-state index in [4.69, 9.17) is 4.42 Å². The third-order valence-electron chi connectivity index (χ3n) is 3.65. The van der Waals surface area contributed by atoms with E-state index in [2.05, 4.69) is 4.98 Å². The zero-order valence-corrected chi connectivity index (χ0v) is 11.2. The average Bonchev–Trinajstić information content (AvgIpc) is 2.63. The molecule has 100 valence electrons. The number of hydrogen-bond donors (Lipinski definition) is 0. The number of aromatic nitrogens is 1. The van der Waals surface area contributed by atoms with E-state index in [-0.39, 0.29) is 5.91 Å². The Labute approximate surface area is 112 Å². The summed E-state index contributed by atoms with van der Waals surface area (Å²) in [4.78, 5) is 18.8. The largest absolute Gasteiger partial charge is 0.440 e. The number of likely N-dealkylation sites (tertiary alicyclic amines) is 1. The SMILES string of the molecule is Cc1nc2cccc(C(=O)N3CCCCCC3)c2o1. The lowest BCUT2D eigenvalue weighted by atomic mass is 10.1. The van der Waals surface area contributed by atoms with Crippen LogP contribution in [-0.2, 0) is 0 Å². The molecule has 1 aliphatic heterocycles. The molecule has 0 bridgehead atoms. The summed E-state index contributed by atoms with van der Waals surface area (Å²) in [6, 6.07) is 5.58. The van der Waals surface area contributed by atoms with Crippen LogP contribution in [0.5, 0.6) is 0 Å². The topological polar surface area (TPSA) is 46.3 Å². The predicted octanol–water partition coefficient (Wildman–Crippen LogP) is 3.15. The van der Waals surface area contributed by atoms with E-state index < -0.39 is 0 Å². The summed E-state index contributed by atoms with van der Waals surface area (Å²) < 4.78 is 5.58. The number of oxazole rings is 1. The summed E-state index contributed by atoms with van der Waals surface area (Å²) in [7, 11) is 0. The number of carbonyl (C=O) groups is 1. The van der Waals surface area contributed by atoms with Crippen LogP contribution < -0.4 is 0 Å². The van der Waals surface area contributed by atoms with Crippen LogP contribution >= 0.6 is 0 Å². The van der Waals surface area contributed by atoms with Crippen molar-refractivity contribution in [3.63, 3.8) is 0 Å². The molecular weight excluding hydrogens is 240 g/mol. The number of benzene rings is 1. The molecule has 1 amide bonds. The number of fused-ring (bicyclic) bond motifs is 1. The van der Waals surface area contributed by atoms with Gasteiger partial charge in [-0.15, -0.1) is 0 Å². The Morgan fingerprint density at radius 3 is 2.68 bits per heavy atom. The molecule has 0 saturated carbocycles. The van der Waals surface area contributed by atoms with Crippen molar-refractivity contribution in [2.45, 2.75) is 32.6 Å². The summed E-state index contributed by atoms with van der Waals surface area (Å²) in [6.45, 7) is 3.50. The summed E-state index contributed by atoms with van der Waals surface area (Å²) in [6.07, 6.45) is 4.62. The highest BCUT2D eigenvalue weighted by Crippen LogP contribution is 2.22. The maximum atomic E-state index is 12.6. The molecule has 2 aromatic rings. The van der Waals surface area contributed by atoms with Crippen molar-refractivity contribution in [2.75, 3.05) is 13.1 Å². The minimum Gasteiger partial charge on any atom is -0.440 e. The molecule has 3 rings (SSSR count). The summed E-state index contributed by atoms with van der Waals surface area (Å²) >= 11 is 0. The van der Waals surface area contributed by atoms with Gasteiger partial charge in [-0.05, 0) is 25.0 Å². The lowest BCUT2D eigenvalue weighted by molar-refractivity contribution is 0.0762. The molecule has 4 heteroatoms. The Kier molecular flexibility index (Phi) is 3.23. The van der Waals surface area contributed by atoms with Crippen LogP contribution in [0.1, 0.15) is 41.9 Å². The molecule has 1 aromatic heterocycles. The van der Waals surface area contributed by atoms with Gasteiger partial charge in [-0.25, -0.2) is 4.98 Å². The Balaban J connectivity index is 1.96. The number of nitrogens with zero attached hydrogens (tertiary/aromatic N) is 2. The van der Waals surface area contributed by atoms with E-state index in [0.29, 0.717) is 17.0 Å². The van der Waals surface area contributed by atoms with Crippen molar-refractivity contribution in [3.8, 4) is 0 Å². The van der Waals surface area contributed by atoms with Crippen LogP contribution in [0.25, 0.3) is 11.1 Å². The molecule has 19 heavy (non-hydrogen) atoms. The lowest BCUT2D eigenvalue weighted by Crippen LogP contribution is -2.31. The van der Waals surface area contributed by atoms with Crippen LogP contribution in [0.2, 0.25) is 0 Å². The second-order valence-corrected chi connectivity index (χ2v) is 5.09. The quantitative estimate of drug-likeness (QED) is 0.789. The number of hydrogen-bond acceptors (Lipinski definition) is 3. The first-order chi connectivity index (χ1) is 9.25. The molecule has 4 nitrogen and oxygen atoms in total. The highest BCUT2D eigenvalue weighted by Gasteiger charge is 2.21. The molecule has 0 spiro atoms. The van der Waals surface area contributed by atoms with E-state index in [1.54, 1.807) is 6.92 Å². The van der Waals surface area contributed by atoms with Gasteiger partial charge in [0, 0.05) is 20.0 Å². The molecular formula is C15H18N2O2. The van der Waals surface area contributed by atoms with Gasteiger partial charge in [0.25, 0.3) is 5.91 Å². The van der Waals surface area contributed by atoms with E-state index in [1.807, 2.05) is 23.1 Å². The molecule has 0 radical (unpaired) electrons. The highest BCUT2D eigenvalue weighted by molar-refractivity contribution is 6.04. The van der Waals surface area contributed by atoms with Gasteiger partial charge in [-0.1, -0.05) is 18.9 Å². The van der Waals surface area contributed by atoms with Gasteiger partial charge in [-0.3, -0.25) is 4.79 Å². The maximum Gasteiger partial charge on any atom is 0.257 e. The van der Waals surface area contributed by atoms with Crippen LogP contribution in [0.4, 0.5) is 0 Å². The molecule has 2 heterocycles. The number of rotatable bonds is 1. The Hall–Kier alpha value is -1.84. The maximum absolute atomic E-state index is 12.6. The summed E-state index contributed by atoms with van der Waals surface area (Å²) in [5.41, 5.74) is 2.02. The standard InChI is InChI=1S/C15H18N2O2/c1-11-16-13-8-6-7-12(14(13)19-11)15(18)17-9-4-2-3-5-10-17/h6-8H,2-5,9-10H2,1H3. The molecule has 0 N–H and O–H groups in total. The fraction of sp³-hybridized carbons (Fsp3) is 0.467. The summed E-state index contributed by atoms with van der Waals surface area (Å²) in [5, 5.41) is 0. The van der Waals surface area contributed by atoms with E-state index in [1.165, 1.54) is 12.8 Å². The van der Waals surface area contributed by atoms with Crippen molar-refractivity contribution in [1.29, 1.82) is 0 Å². The third kappa shape index (κ3) is 2.35. The van der Waals surface area contributed by atoms with Gasteiger partial charge >= 0.3 is 0 Å².